The first-order valence-electron chi connectivity index (χ1n) is 5.08. The summed E-state index contributed by atoms with van der Waals surface area (Å²) in [4.78, 5) is 0. The summed E-state index contributed by atoms with van der Waals surface area (Å²) < 4.78 is 1.36. The van der Waals surface area contributed by atoms with Gasteiger partial charge in [-0.1, -0.05) is 0 Å². The summed E-state index contributed by atoms with van der Waals surface area (Å²) in [5.74, 6) is 0. The number of aryl methyl sites for hydroxylation is 1. The summed E-state index contributed by atoms with van der Waals surface area (Å²) in [5.41, 5.74) is 3.85. The van der Waals surface area contributed by atoms with Gasteiger partial charge in [0.1, 0.15) is 0 Å². The second-order valence-electron chi connectivity index (χ2n) is 3.75. The topological polar surface area (TPSA) is 0 Å². The van der Waals surface area contributed by atoms with Crippen molar-refractivity contribution >= 4 is 14.8 Å². The van der Waals surface area contributed by atoms with E-state index in [-0.39, 0.29) is 0 Å². The van der Waals surface area contributed by atoms with Crippen LogP contribution in [-0.2, 0) is 24.2 Å². The third-order valence-corrected chi connectivity index (χ3v) is 4.14. The number of rotatable bonds is 2. The van der Waals surface area contributed by atoms with Crippen LogP contribution in [0.25, 0.3) is 0 Å². The quantitative estimate of drug-likeness (QED) is 0.792. The van der Waals surface area contributed by atoms with Crippen molar-refractivity contribution in [3.8, 4) is 0 Å². The van der Waals surface area contributed by atoms with Gasteiger partial charge in [0.15, 0.2) is 0 Å². The van der Waals surface area contributed by atoms with Crippen molar-refractivity contribution in [1.29, 1.82) is 0 Å². The fourth-order valence-electron chi connectivity index (χ4n) is 1.50. The Morgan fingerprint density at radius 1 is 0.875 bits per heavy atom. The molecule has 2 aromatic carbocycles. The van der Waals surface area contributed by atoms with Crippen molar-refractivity contribution in [1.82, 2.24) is 0 Å². The van der Waals surface area contributed by atoms with Crippen LogP contribution >= 0.6 is 11.6 Å². The fraction of sp³-hybridized carbons (Fsp3) is 0.0714. The van der Waals surface area contributed by atoms with Crippen LogP contribution < -0.4 is 0 Å². The molecule has 16 heavy (non-hydrogen) atoms. The van der Waals surface area contributed by atoms with E-state index in [4.69, 9.17) is 11.6 Å². The van der Waals surface area contributed by atoms with Crippen LogP contribution in [0.4, 0.5) is 0 Å². The molecule has 0 N–H and O–H groups in total. The van der Waals surface area contributed by atoms with Gasteiger partial charge in [0.2, 0.25) is 0 Å². The molecular weight excluding hydrogens is 295 g/mol. The summed E-state index contributed by atoms with van der Waals surface area (Å²) >= 11 is 7.30. The van der Waals surface area contributed by atoms with E-state index in [1.54, 1.807) is 0 Å². The molecule has 0 aliphatic carbocycles. The Morgan fingerprint density at radius 2 is 1.31 bits per heavy atom. The van der Waals surface area contributed by atoms with Gasteiger partial charge >= 0.3 is 116 Å². The molecule has 2 rings (SSSR count). The second-order valence-corrected chi connectivity index (χ2v) is 5.41. The molecule has 0 bridgehead atoms. The molecule has 2 heteroatoms. The zero-order chi connectivity index (χ0) is 11.5. The van der Waals surface area contributed by atoms with Crippen molar-refractivity contribution in [2.75, 3.05) is 0 Å². The molecule has 0 saturated heterocycles. The van der Waals surface area contributed by atoms with Gasteiger partial charge in [0.25, 0.3) is 0 Å². The molecule has 76 valence electrons. The molecule has 0 radical (unpaired) electrons. The Hall–Kier alpha value is -0.517. The summed E-state index contributed by atoms with van der Waals surface area (Å²) in [5, 5.41) is 0.788. The molecule has 0 aliphatic rings. The average Bonchev–Trinajstić information content (AvgIpc) is 2.30. The fourth-order valence-corrected chi connectivity index (χ4v) is 2.45. The van der Waals surface area contributed by atoms with Crippen molar-refractivity contribution in [3.63, 3.8) is 0 Å². The van der Waals surface area contributed by atoms with Crippen molar-refractivity contribution < 1.29 is 24.2 Å². The number of hydrogen-bond acceptors (Lipinski definition) is 0. The Labute approximate surface area is 116 Å². The Morgan fingerprint density at radius 3 is 1.81 bits per heavy atom. The van der Waals surface area contributed by atoms with Crippen molar-refractivity contribution in [2.24, 2.45) is 0 Å². The van der Waals surface area contributed by atoms with E-state index < -0.39 is 0 Å². The van der Waals surface area contributed by atoms with Gasteiger partial charge in [-0.2, -0.15) is 0 Å². The van der Waals surface area contributed by atoms with Crippen molar-refractivity contribution in [3.05, 3.63) is 70.2 Å². The summed E-state index contributed by atoms with van der Waals surface area (Å²) in [6.07, 6.45) is 0. The molecule has 0 atom stereocenters. The Bertz CT molecular complexity index is 450. The van der Waals surface area contributed by atoms with Crippen LogP contribution in [0.5, 0.6) is 0 Å². The summed E-state index contributed by atoms with van der Waals surface area (Å²) in [6.45, 7) is 2.11. The number of halogens is 1. The van der Waals surface area contributed by atoms with Crippen molar-refractivity contribution in [2.45, 2.75) is 6.92 Å². The first-order valence-corrected chi connectivity index (χ1v) is 6.69. The van der Waals surface area contributed by atoms with Gasteiger partial charge in [-0.05, 0) is 0 Å². The van der Waals surface area contributed by atoms with Crippen LogP contribution in [0, 0.1) is 6.92 Å². The predicted octanol–water partition coefficient (Wildman–Crippen LogP) is 3.76. The van der Waals surface area contributed by atoms with Gasteiger partial charge in [-0.25, -0.2) is 0 Å². The monoisotopic (exact) mass is 304 g/mol. The first kappa shape index (κ1) is 12.0. The molecule has 0 aliphatic heterocycles. The molecular formula is C14H11ClZr+2. The zero-order valence-corrected chi connectivity index (χ0v) is 12.2. The Kier molecular flexibility index (Phi) is 3.89. The van der Waals surface area contributed by atoms with E-state index in [1.165, 1.54) is 44.1 Å². The molecule has 0 amide bonds. The van der Waals surface area contributed by atoms with Gasteiger partial charge in [0, 0.05) is 0 Å². The van der Waals surface area contributed by atoms with E-state index in [0.717, 1.165) is 5.02 Å². The Balaban J connectivity index is 2.32. The number of benzene rings is 2. The normalized spacial score (nSPS) is 10.2. The minimum absolute atomic E-state index is 0.788. The van der Waals surface area contributed by atoms with Crippen LogP contribution in [0.15, 0.2) is 48.5 Å². The zero-order valence-electron chi connectivity index (χ0n) is 9.00. The third kappa shape index (κ3) is 2.78. The van der Waals surface area contributed by atoms with E-state index in [2.05, 4.69) is 43.3 Å². The minimum atomic E-state index is 0.788. The van der Waals surface area contributed by atoms with Crippen LogP contribution in [-0.4, -0.2) is 3.21 Å². The summed E-state index contributed by atoms with van der Waals surface area (Å²) in [6, 6.07) is 16.7. The standard InChI is InChI=1S/C14H11Cl.Zr/c1-11-2-4-12(5-3-11)10-13-6-8-14(15)9-7-13;/h2-9H,1H3;/q;+2. The SMILES string of the molecule is Cc1ccc([C](=[Zr+2])c2ccc(Cl)cc2)cc1. The average molecular weight is 306 g/mol. The van der Waals surface area contributed by atoms with E-state index in [9.17, 15) is 0 Å². The van der Waals surface area contributed by atoms with Crippen LogP contribution in [0.3, 0.4) is 0 Å². The molecule has 0 unspecified atom stereocenters. The maximum absolute atomic E-state index is 5.88. The van der Waals surface area contributed by atoms with E-state index in [1.807, 2.05) is 12.1 Å². The molecule has 0 spiro atoms. The van der Waals surface area contributed by atoms with Crippen LogP contribution in [0.1, 0.15) is 16.7 Å². The molecule has 0 fully saturated rings. The van der Waals surface area contributed by atoms with Gasteiger partial charge in [-0.15, -0.1) is 0 Å². The van der Waals surface area contributed by atoms with E-state index >= 15 is 0 Å². The van der Waals surface area contributed by atoms with E-state index in [0.29, 0.717) is 0 Å². The maximum atomic E-state index is 5.88. The summed E-state index contributed by atoms with van der Waals surface area (Å²) in [7, 11) is 0. The third-order valence-electron chi connectivity index (χ3n) is 2.47. The predicted molar refractivity (Wildman–Crippen MR) is 65.8 cm³/mol. The molecule has 2 aromatic rings. The number of hydrogen-bond donors (Lipinski definition) is 0. The van der Waals surface area contributed by atoms with Gasteiger partial charge < -0.3 is 0 Å². The molecule has 0 nitrogen and oxygen atoms in total. The van der Waals surface area contributed by atoms with Gasteiger partial charge in [0.05, 0.1) is 0 Å². The second kappa shape index (κ2) is 5.21. The van der Waals surface area contributed by atoms with Crippen LogP contribution in [0.2, 0.25) is 5.02 Å². The van der Waals surface area contributed by atoms with Gasteiger partial charge in [-0.3, -0.25) is 0 Å². The first-order chi connectivity index (χ1) is 7.66. The molecule has 0 saturated carbocycles. The molecule has 0 heterocycles. The molecule has 0 aromatic heterocycles.